The Morgan fingerprint density at radius 1 is 1.00 bits per heavy atom. The molecule has 6 heteroatoms. The van der Waals surface area contributed by atoms with Gasteiger partial charge in [-0.3, -0.25) is 9.52 Å². The van der Waals surface area contributed by atoms with Crippen LogP contribution in [-0.2, 0) is 10.0 Å². The molecule has 1 heterocycles. The van der Waals surface area contributed by atoms with E-state index in [2.05, 4.69) is 9.71 Å². The van der Waals surface area contributed by atoms with Gasteiger partial charge in [0.15, 0.2) is 11.6 Å². The number of rotatable bonds is 6. The molecule has 0 spiro atoms. The molecule has 0 bridgehead atoms. The van der Waals surface area contributed by atoms with Gasteiger partial charge < -0.3 is 0 Å². The molecule has 154 valence electrons. The van der Waals surface area contributed by atoms with Crippen LogP contribution < -0.4 is 4.72 Å². The number of hydrogen-bond acceptors (Lipinski definition) is 4. The fourth-order valence-corrected chi connectivity index (χ4v) is 4.96. The molecule has 1 fully saturated rings. The van der Waals surface area contributed by atoms with Gasteiger partial charge in [0.1, 0.15) is 0 Å². The highest BCUT2D eigenvalue weighted by Crippen LogP contribution is 2.34. The maximum Gasteiger partial charge on any atom is 0.263 e. The summed E-state index contributed by atoms with van der Waals surface area (Å²) in [5.74, 6) is 0.277. The first-order chi connectivity index (χ1) is 14.4. The van der Waals surface area contributed by atoms with Crippen LogP contribution in [0.3, 0.4) is 0 Å². The molecule has 0 saturated heterocycles. The molecule has 3 aromatic rings. The van der Waals surface area contributed by atoms with Crippen LogP contribution in [0.4, 0.5) is 5.82 Å². The molecule has 1 N–H and O–H groups in total. The Morgan fingerprint density at radius 2 is 1.67 bits per heavy atom. The van der Waals surface area contributed by atoms with Crippen molar-refractivity contribution in [2.24, 2.45) is 0 Å². The van der Waals surface area contributed by atoms with E-state index in [0.29, 0.717) is 11.5 Å². The third-order valence-corrected chi connectivity index (χ3v) is 6.91. The van der Waals surface area contributed by atoms with E-state index in [9.17, 15) is 13.2 Å². The molecule has 0 unspecified atom stereocenters. The van der Waals surface area contributed by atoms with Crippen LogP contribution in [0.2, 0.25) is 0 Å². The molecule has 0 atom stereocenters. The van der Waals surface area contributed by atoms with Crippen LogP contribution in [-0.4, -0.2) is 19.2 Å². The zero-order valence-corrected chi connectivity index (χ0v) is 17.7. The van der Waals surface area contributed by atoms with Gasteiger partial charge in [0.05, 0.1) is 10.5 Å². The van der Waals surface area contributed by atoms with E-state index >= 15 is 0 Å². The number of anilines is 1. The van der Waals surface area contributed by atoms with E-state index in [1.807, 2.05) is 25.1 Å². The predicted octanol–water partition coefficient (Wildman–Crippen LogP) is 5.08. The van der Waals surface area contributed by atoms with Gasteiger partial charge in [0, 0.05) is 11.8 Å². The topological polar surface area (TPSA) is 76.1 Å². The van der Waals surface area contributed by atoms with Crippen molar-refractivity contribution in [1.29, 1.82) is 0 Å². The Morgan fingerprint density at radius 3 is 2.33 bits per heavy atom. The predicted molar refractivity (Wildman–Crippen MR) is 117 cm³/mol. The summed E-state index contributed by atoms with van der Waals surface area (Å²) in [6, 6.07) is 17.5. The number of sulfonamides is 1. The van der Waals surface area contributed by atoms with Crippen molar-refractivity contribution in [2.75, 3.05) is 4.72 Å². The zero-order chi connectivity index (χ0) is 21.1. The Kier molecular flexibility index (Phi) is 5.68. The second-order valence-electron chi connectivity index (χ2n) is 7.76. The molecule has 1 saturated carbocycles. The Balaban J connectivity index is 1.62. The highest BCUT2D eigenvalue weighted by molar-refractivity contribution is 7.92. The molecule has 0 amide bonds. The Hall–Kier alpha value is -2.99. The van der Waals surface area contributed by atoms with Gasteiger partial charge in [-0.2, -0.15) is 0 Å². The molecule has 0 radical (unpaired) electrons. The molecule has 2 aromatic carbocycles. The normalized spacial score (nSPS) is 14.6. The number of hydrogen-bond donors (Lipinski definition) is 1. The lowest BCUT2D eigenvalue weighted by Crippen LogP contribution is -2.17. The minimum absolute atomic E-state index is 0.0364. The first-order valence-corrected chi connectivity index (χ1v) is 11.6. The van der Waals surface area contributed by atoms with Crippen LogP contribution in [0.1, 0.15) is 58.6 Å². The molecule has 30 heavy (non-hydrogen) atoms. The largest absolute Gasteiger partial charge is 0.288 e. The first-order valence-electron chi connectivity index (χ1n) is 10.1. The summed E-state index contributed by atoms with van der Waals surface area (Å²) < 4.78 is 28.4. The number of aryl methyl sites for hydroxylation is 1. The summed E-state index contributed by atoms with van der Waals surface area (Å²) in [7, 11) is -3.87. The Bertz CT molecular complexity index is 1150. The lowest BCUT2D eigenvalue weighted by Gasteiger charge is -2.13. The van der Waals surface area contributed by atoms with E-state index in [1.165, 1.54) is 18.4 Å². The number of nitrogens with zero attached hydrogens (tertiary/aromatic N) is 1. The van der Waals surface area contributed by atoms with Crippen LogP contribution in [0.5, 0.6) is 0 Å². The second-order valence-corrected chi connectivity index (χ2v) is 9.44. The van der Waals surface area contributed by atoms with Crippen LogP contribution >= 0.6 is 0 Å². The molecule has 0 aliphatic heterocycles. The summed E-state index contributed by atoms with van der Waals surface area (Å²) >= 11 is 0. The maximum absolute atomic E-state index is 13.0. The molecule has 1 aliphatic rings. The van der Waals surface area contributed by atoms with Gasteiger partial charge in [-0.1, -0.05) is 55.3 Å². The maximum atomic E-state index is 13.0. The Labute approximate surface area is 177 Å². The summed E-state index contributed by atoms with van der Waals surface area (Å²) in [6.07, 6.45) is 6.31. The first kappa shape index (κ1) is 20.3. The van der Waals surface area contributed by atoms with Crippen molar-refractivity contribution in [3.8, 4) is 0 Å². The van der Waals surface area contributed by atoms with Gasteiger partial charge >= 0.3 is 0 Å². The standard InChI is InChI=1S/C24H24N2O3S/c1-17-15-22(23(27)20-9-3-2-4-10-20)24(25-16-17)26-30(28,29)21-13-11-19(12-14-21)18-7-5-6-8-18/h2-4,9-16,18H,5-8H2,1H3,(H,25,26). The number of carbonyl (C=O) groups excluding carboxylic acids is 1. The van der Waals surface area contributed by atoms with Crippen LogP contribution in [0.15, 0.2) is 71.8 Å². The number of ketones is 1. The number of benzene rings is 2. The number of carbonyl (C=O) groups is 1. The molecular formula is C24H24N2O3S. The van der Waals surface area contributed by atoms with Crippen molar-refractivity contribution >= 4 is 21.6 Å². The summed E-state index contributed by atoms with van der Waals surface area (Å²) in [5, 5.41) is 0. The molecule has 5 nitrogen and oxygen atoms in total. The van der Waals surface area contributed by atoms with Gasteiger partial charge in [0.25, 0.3) is 10.0 Å². The van der Waals surface area contributed by atoms with Gasteiger partial charge in [-0.05, 0) is 55.0 Å². The lowest BCUT2D eigenvalue weighted by molar-refractivity contribution is 0.103. The fraction of sp³-hybridized carbons (Fsp3) is 0.250. The highest BCUT2D eigenvalue weighted by Gasteiger charge is 2.22. The van der Waals surface area contributed by atoms with E-state index in [1.54, 1.807) is 48.7 Å². The van der Waals surface area contributed by atoms with Gasteiger partial charge in [0.2, 0.25) is 0 Å². The summed E-state index contributed by atoms with van der Waals surface area (Å²) in [4.78, 5) is 17.3. The average Bonchev–Trinajstić information content (AvgIpc) is 3.30. The van der Waals surface area contributed by atoms with E-state index in [-0.39, 0.29) is 22.1 Å². The van der Waals surface area contributed by atoms with E-state index in [4.69, 9.17) is 0 Å². The number of pyridine rings is 1. The van der Waals surface area contributed by atoms with Gasteiger partial charge in [-0.15, -0.1) is 0 Å². The highest BCUT2D eigenvalue weighted by atomic mass is 32.2. The van der Waals surface area contributed by atoms with E-state index in [0.717, 1.165) is 18.4 Å². The van der Waals surface area contributed by atoms with E-state index < -0.39 is 10.0 Å². The average molecular weight is 421 g/mol. The van der Waals surface area contributed by atoms with Crippen molar-refractivity contribution in [3.05, 3.63) is 89.1 Å². The third kappa shape index (κ3) is 4.28. The monoisotopic (exact) mass is 420 g/mol. The minimum Gasteiger partial charge on any atom is -0.288 e. The zero-order valence-electron chi connectivity index (χ0n) is 16.8. The van der Waals surface area contributed by atoms with Crippen molar-refractivity contribution in [1.82, 2.24) is 4.98 Å². The van der Waals surface area contributed by atoms with Crippen molar-refractivity contribution in [2.45, 2.75) is 43.4 Å². The summed E-state index contributed by atoms with van der Waals surface area (Å²) in [5.41, 5.74) is 2.66. The number of aromatic nitrogens is 1. The third-order valence-electron chi connectivity index (χ3n) is 5.55. The lowest BCUT2D eigenvalue weighted by atomic mass is 9.98. The fourth-order valence-electron chi connectivity index (χ4n) is 3.93. The smallest absolute Gasteiger partial charge is 0.263 e. The molecular weight excluding hydrogens is 396 g/mol. The number of nitrogens with one attached hydrogen (secondary N) is 1. The van der Waals surface area contributed by atoms with Crippen molar-refractivity contribution in [3.63, 3.8) is 0 Å². The SMILES string of the molecule is Cc1cnc(NS(=O)(=O)c2ccc(C3CCCC3)cc2)c(C(=O)c2ccccc2)c1. The molecule has 1 aromatic heterocycles. The second kappa shape index (κ2) is 8.40. The molecule has 4 rings (SSSR count). The molecule has 1 aliphatic carbocycles. The van der Waals surface area contributed by atoms with Gasteiger partial charge in [-0.25, -0.2) is 13.4 Å². The van der Waals surface area contributed by atoms with Crippen LogP contribution in [0, 0.1) is 6.92 Å². The van der Waals surface area contributed by atoms with Crippen molar-refractivity contribution < 1.29 is 13.2 Å². The van der Waals surface area contributed by atoms with Crippen LogP contribution in [0.25, 0.3) is 0 Å². The summed E-state index contributed by atoms with van der Waals surface area (Å²) in [6.45, 7) is 1.81. The minimum atomic E-state index is -3.87. The quantitative estimate of drug-likeness (QED) is 0.564.